The Labute approximate surface area is 260 Å². The molecule has 0 unspecified atom stereocenters. The van der Waals surface area contributed by atoms with Gasteiger partial charge in [-0.1, -0.05) is 0 Å². The second-order valence-corrected chi connectivity index (χ2v) is 29.6. The molecule has 38 heavy (non-hydrogen) atoms. The monoisotopic (exact) mass is 612 g/mol. The van der Waals surface area contributed by atoms with Gasteiger partial charge in [0.25, 0.3) is 0 Å². The summed E-state index contributed by atoms with van der Waals surface area (Å²) in [6.45, 7) is 9.55. The third kappa shape index (κ3) is 4.31. The van der Waals surface area contributed by atoms with E-state index in [-0.39, 0.29) is 37.7 Å². The van der Waals surface area contributed by atoms with Gasteiger partial charge in [-0.2, -0.15) is 0 Å². The van der Waals surface area contributed by atoms with Crippen LogP contribution in [0.5, 0.6) is 0 Å². The van der Waals surface area contributed by atoms with Gasteiger partial charge in [-0.15, -0.1) is 0 Å². The first-order valence-electron chi connectivity index (χ1n) is 15.0. The van der Waals surface area contributed by atoms with Gasteiger partial charge < -0.3 is 0 Å². The summed E-state index contributed by atoms with van der Waals surface area (Å²) in [5.74, 6) is 0. The molecule has 0 saturated carbocycles. The van der Waals surface area contributed by atoms with Crippen molar-refractivity contribution in [2.45, 2.75) is 100 Å². The third-order valence-corrected chi connectivity index (χ3v) is 32.1. The maximum atomic E-state index is 3.79. The van der Waals surface area contributed by atoms with Crippen molar-refractivity contribution in [2.24, 2.45) is 0 Å². The van der Waals surface area contributed by atoms with Gasteiger partial charge in [-0.05, 0) is 0 Å². The zero-order chi connectivity index (χ0) is 24.9. The smallest absolute Gasteiger partial charge is 1.00 e. The number of benzene rings is 4. The molecule has 0 bridgehead atoms. The molecule has 4 aromatic carbocycles. The van der Waals surface area contributed by atoms with E-state index >= 15 is 0 Å². The molecule has 0 nitrogen and oxygen atoms in total. The fourth-order valence-corrected chi connectivity index (χ4v) is 32.5. The van der Waals surface area contributed by atoms with Gasteiger partial charge in [0.2, 0.25) is 0 Å². The Kier molecular flexibility index (Phi) is 10.1. The molecule has 2 aliphatic rings. The van der Waals surface area contributed by atoms with Crippen molar-refractivity contribution in [3.63, 3.8) is 0 Å². The summed E-state index contributed by atoms with van der Waals surface area (Å²) < 4.78 is 7.28. The quantitative estimate of drug-likeness (QED) is 0.130. The molecule has 0 saturated heterocycles. The molecule has 0 N–H and O–H groups in total. The summed E-state index contributed by atoms with van der Waals surface area (Å²) in [6, 6.07) is 22.7. The van der Waals surface area contributed by atoms with E-state index in [4.69, 9.17) is 0 Å². The van der Waals surface area contributed by atoms with E-state index in [1.807, 2.05) is 8.79 Å². The Morgan fingerprint density at radius 3 is 1.11 bits per heavy atom. The van der Waals surface area contributed by atoms with Crippen LogP contribution in [0.15, 0.2) is 36.4 Å². The molecule has 0 aliphatic carbocycles. The van der Waals surface area contributed by atoms with E-state index in [9.17, 15) is 0 Å². The number of hydrogen-bond donors (Lipinski definition) is 0. The first-order chi connectivity index (χ1) is 17.7. The van der Waals surface area contributed by atoms with E-state index in [1.165, 1.54) is 83.2 Å². The van der Waals surface area contributed by atoms with Crippen LogP contribution in [0.2, 0.25) is 21.0 Å². The maximum Gasteiger partial charge on any atom is 1.00 e. The molecule has 188 valence electrons. The molecule has 4 heteroatoms. The minimum atomic E-state index is -2.47. The number of hydrogen-bond acceptors (Lipinski definition) is 0. The molecule has 0 fully saturated rings. The fourth-order valence-electron chi connectivity index (χ4n) is 8.16. The molecule has 2 heterocycles. The Balaban J connectivity index is 0.00000168. The second kappa shape index (κ2) is 12.4. The Morgan fingerprint density at radius 2 is 0.789 bits per heavy atom. The number of fused-ring (bicyclic) bond motifs is 1. The first kappa shape index (κ1) is 30.9. The van der Waals surface area contributed by atoms with Gasteiger partial charge in [-0.3, -0.25) is 0 Å². The van der Waals surface area contributed by atoms with Crippen LogP contribution in [-0.2, 0) is 0 Å². The van der Waals surface area contributed by atoms with Crippen molar-refractivity contribution in [3.8, 4) is 0 Å². The molecule has 0 amide bonds. The summed E-state index contributed by atoms with van der Waals surface area (Å²) in [6.07, 6.45) is 10.8. The van der Waals surface area contributed by atoms with E-state index in [1.54, 1.807) is 30.3 Å². The van der Waals surface area contributed by atoms with Crippen LogP contribution in [0.3, 0.4) is 0 Å². The van der Waals surface area contributed by atoms with Crippen LogP contribution in [0.4, 0.5) is 0 Å². The topological polar surface area (TPSA) is 0 Å². The second-order valence-electron chi connectivity index (χ2n) is 11.8. The fraction of sp³-hybridized carbons (Fsp3) is 0.471. The van der Waals surface area contributed by atoms with E-state index < -0.39 is 26.5 Å². The van der Waals surface area contributed by atoms with Gasteiger partial charge in [0.15, 0.2) is 0 Å². The van der Waals surface area contributed by atoms with E-state index in [2.05, 4.69) is 76.2 Å². The predicted molar refractivity (Wildman–Crippen MR) is 166 cm³/mol. The average Bonchev–Trinajstić information content (AvgIpc) is 3.36. The number of unbranched alkanes of at least 4 members (excludes halogenated alkanes) is 4. The largest absolute Gasteiger partial charge is 1.00 e. The molecular formula is C34H42Ge2Li2. The minimum absolute atomic E-state index is 0. The number of rotatable bonds is 12. The predicted octanol–water partition coefficient (Wildman–Crippen LogP) is 1.71. The zero-order valence-corrected chi connectivity index (χ0v) is 29.1. The average molecular weight is 610 g/mol. The molecule has 4 aromatic rings. The van der Waals surface area contributed by atoms with Crippen LogP contribution in [0.1, 0.15) is 79.1 Å². The van der Waals surface area contributed by atoms with Gasteiger partial charge in [0, 0.05) is 0 Å². The van der Waals surface area contributed by atoms with Crippen LogP contribution in [0, 0.1) is 12.1 Å². The van der Waals surface area contributed by atoms with Crippen molar-refractivity contribution >= 4 is 76.4 Å². The SMILES string of the molecule is CCC[CH2][Ge]1([CH2]CCC)[c]2cc[c-]c3c4[c-]cc[c]5c4c4[c](cc[c]1c4c23)[Ge]5([CH2]CCC)[CH2]CCC.[Li+].[Li+]. The van der Waals surface area contributed by atoms with Crippen molar-refractivity contribution in [3.05, 3.63) is 48.5 Å². The molecular weight excluding hydrogens is 567 g/mol. The summed E-state index contributed by atoms with van der Waals surface area (Å²) in [5.41, 5.74) is 0. The molecule has 0 radical (unpaired) electrons. The zero-order valence-electron chi connectivity index (χ0n) is 24.9. The maximum absolute atomic E-state index is 3.79. The van der Waals surface area contributed by atoms with Crippen molar-refractivity contribution in [2.75, 3.05) is 0 Å². The third-order valence-electron chi connectivity index (χ3n) is 9.84. The first-order valence-corrected chi connectivity index (χ1v) is 25.1. The Hall–Kier alpha value is -0.0595. The summed E-state index contributed by atoms with van der Waals surface area (Å²) >= 11 is -4.94. The van der Waals surface area contributed by atoms with Crippen LogP contribution >= 0.6 is 0 Å². The molecule has 2 aliphatic heterocycles. The Morgan fingerprint density at radius 1 is 0.474 bits per heavy atom. The standard InChI is InChI=1S/C34H42Ge2.2Li/c1-5-9-21-35(22-10-6-2)27-17-13-15-25-26-16-14-18-28-32(26)34-30(20-19-29(35)33(34)31(25)27)36(28,23-11-7-3)24-12-8-4;;/h13-14,17-20H,5-12,21-24H2,1-4H3;;/q-2;2*+1. The van der Waals surface area contributed by atoms with Crippen molar-refractivity contribution in [1.82, 2.24) is 0 Å². The van der Waals surface area contributed by atoms with Crippen molar-refractivity contribution in [1.29, 1.82) is 0 Å². The van der Waals surface area contributed by atoms with Gasteiger partial charge >= 0.3 is 263 Å². The molecule has 0 atom stereocenters. The van der Waals surface area contributed by atoms with Crippen LogP contribution in [0.25, 0.3) is 32.3 Å². The van der Waals surface area contributed by atoms with Gasteiger partial charge in [0.05, 0.1) is 0 Å². The Bertz CT molecular complexity index is 1330. The normalized spacial score (nSPS) is 15.6. The minimum Gasteiger partial charge on any atom is 1.00 e. The van der Waals surface area contributed by atoms with Crippen LogP contribution < -0.4 is 55.3 Å². The molecule has 0 aromatic heterocycles. The van der Waals surface area contributed by atoms with Gasteiger partial charge in [0.1, 0.15) is 0 Å². The van der Waals surface area contributed by atoms with Crippen LogP contribution in [-0.4, -0.2) is 26.5 Å². The molecule has 6 rings (SSSR count). The van der Waals surface area contributed by atoms with Crippen molar-refractivity contribution < 1.29 is 37.7 Å². The van der Waals surface area contributed by atoms with E-state index in [0.717, 1.165) is 0 Å². The summed E-state index contributed by atoms with van der Waals surface area (Å²) in [5, 5.41) is 15.3. The summed E-state index contributed by atoms with van der Waals surface area (Å²) in [4.78, 5) is 0. The summed E-state index contributed by atoms with van der Waals surface area (Å²) in [7, 11) is 0. The van der Waals surface area contributed by atoms with Gasteiger partial charge in [-0.25, -0.2) is 0 Å². The van der Waals surface area contributed by atoms with E-state index in [0.29, 0.717) is 0 Å². The molecule has 0 spiro atoms.